The summed E-state index contributed by atoms with van der Waals surface area (Å²) in [5, 5.41) is 8.95. The van der Waals surface area contributed by atoms with Crippen LogP contribution in [0.3, 0.4) is 0 Å². The molecule has 1 aromatic heterocycles. The van der Waals surface area contributed by atoms with Crippen LogP contribution in [0.1, 0.15) is 24.5 Å². The number of guanidine groups is 1. The fourth-order valence-corrected chi connectivity index (χ4v) is 2.32. The molecular weight excluding hydrogens is 401 g/mol. The number of nitrogens with one attached hydrogen (secondary N) is 2. The summed E-state index contributed by atoms with van der Waals surface area (Å²) in [5.74, 6) is 0.633. The third kappa shape index (κ3) is 7.60. The standard InChI is InChI=1S/C13H23N5OS.HI/c1-9(2)16-12(19)6-15-13(14-4)18(5)7-11-8-20-10(3)17-11;/h8-9H,6-7H2,1-5H3,(H,14,15)(H,16,19);1H. The highest BCUT2D eigenvalue weighted by Gasteiger charge is 2.10. The maximum Gasteiger partial charge on any atom is 0.239 e. The van der Waals surface area contributed by atoms with Crippen LogP contribution >= 0.6 is 35.3 Å². The van der Waals surface area contributed by atoms with Gasteiger partial charge in [-0.2, -0.15) is 0 Å². The maximum atomic E-state index is 11.6. The molecule has 0 bridgehead atoms. The number of aliphatic imine (C=N–C) groups is 1. The molecule has 2 N–H and O–H groups in total. The number of rotatable bonds is 5. The number of carbonyl (C=O) groups excluding carboxylic acids is 1. The van der Waals surface area contributed by atoms with Crippen LogP contribution in [0, 0.1) is 6.92 Å². The van der Waals surface area contributed by atoms with Crippen LogP contribution in [0.15, 0.2) is 10.4 Å². The molecular formula is C13H24IN5OS. The summed E-state index contributed by atoms with van der Waals surface area (Å²) in [4.78, 5) is 22.1. The van der Waals surface area contributed by atoms with E-state index in [1.54, 1.807) is 18.4 Å². The van der Waals surface area contributed by atoms with E-state index in [2.05, 4.69) is 20.6 Å². The smallest absolute Gasteiger partial charge is 0.239 e. The number of nitrogens with zero attached hydrogens (tertiary/aromatic N) is 3. The Bertz CT molecular complexity index is 475. The third-order valence-corrected chi connectivity index (χ3v) is 3.32. The Morgan fingerprint density at radius 3 is 2.67 bits per heavy atom. The minimum atomic E-state index is -0.0425. The molecule has 0 aromatic carbocycles. The van der Waals surface area contributed by atoms with Crippen LogP contribution in [-0.4, -0.2) is 48.4 Å². The molecule has 1 aromatic rings. The summed E-state index contributed by atoms with van der Waals surface area (Å²) in [6.07, 6.45) is 0. The minimum absolute atomic E-state index is 0. The van der Waals surface area contributed by atoms with Crippen LogP contribution in [0.5, 0.6) is 0 Å². The number of hydrogen-bond donors (Lipinski definition) is 2. The van der Waals surface area contributed by atoms with Crippen molar-refractivity contribution in [3.05, 3.63) is 16.1 Å². The molecule has 0 aliphatic carbocycles. The summed E-state index contributed by atoms with van der Waals surface area (Å²) in [6.45, 7) is 6.73. The summed E-state index contributed by atoms with van der Waals surface area (Å²) < 4.78 is 0. The van der Waals surface area contributed by atoms with Crippen molar-refractivity contribution < 1.29 is 4.79 Å². The fourth-order valence-electron chi connectivity index (χ4n) is 1.72. The normalized spacial score (nSPS) is 11.0. The van der Waals surface area contributed by atoms with Crippen LogP contribution in [-0.2, 0) is 11.3 Å². The maximum absolute atomic E-state index is 11.6. The van der Waals surface area contributed by atoms with E-state index in [-0.39, 0.29) is 42.5 Å². The average Bonchev–Trinajstić information content (AvgIpc) is 2.74. The van der Waals surface area contributed by atoms with Gasteiger partial charge >= 0.3 is 0 Å². The quantitative estimate of drug-likeness (QED) is 0.427. The van der Waals surface area contributed by atoms with E-state index in [0.717, 1.165) is 10.7 Å². The molecule has 0 radical (unpaired) electrons. The number of hydrogen-bond acceptors (Lipinski definition) is 4. The first-order valence-corrected chi connectivity index (χ1v) is 7.42. The highest BCUT2D eigenvalue weighted by molar-refractivity contribution is 14.0. The summed E-state index contributed by atoms with van der Waals surface area (Å²) in [5.41, 5.74) is 1.00. The molecule has 0 fully saturated rings. The van der Waals surface area contributed by atoms with Crippen LogP contribution < -0.4 is 10.6 Å². The predicted octanol–water partition coefficient (Wildman–Crippen LogP) is 1.60. The molecule has 1 amide bonds. The van der Waals surface area contributed by atoms with E-state index in [9.17, 15) is 4.79 Å². The van der Waals surface area contributed by atoms with Crippen molar-refractivity contribution in [2.45, 2.75) is 33.4 Å². The van der Waals surface area contributed by atoms with Gasteiger partial charge in [-0.25, -0.2) is 4.98 Å². The first-order chi connectivity index (χ1) is 9.42. The Morgan fingerprint density at radius 2 is 2.19 bits per heavy atom. The van der Waals surface area contributed by atoms with Gasteiger partial charge in [0, 0.05) is 25.5 Å². The molecule has 21 heavy (non-hydrogen) atoms. The van der Waals surface area contributed by atoms with Crippen molar-refractivity contribution in [1.29, 1.82) is 0 Å². The predicted molar refractivity (Wildman–Crippen MR) is 98.4 cm³/mol. The second kappa shape index (κ2) is 9.93. The number of halogens is 1. The molecule has 120 valence electrons. The zero-order chi connectivity index (χ0) is 15.1. The Labute approximate surface area is 147 Å². The van der Waals surface area contributed by atoms with Crippen molar-refractivity contribution >= 4 is 47.2 Å². The lowest BCUT2D eigenvalue weighted by molar-refractivity contribution is -0.120. The number of carbonyl (C=O) groups is 1. The third-order valence-electron chi connectivity index (χ3n) is 2.50. The van der Waals surface area contributed by atoms with Crippen LogP contribution in [0.25, 0.3) is 0 Å². The molecule has 1 rings (SSSR count). The number of aromatic nitrogens is 1. The van der Waals surface area contributed by atoms with Crippen molar-refractivity contribution in [3.63, 3.8) is 0 Å². The second-order valence-corrected chi connectivity index (χ2v) is 5.90. The Balaban J connectivity index is 0.00000400. The molecule has 6 nitrogen and oxygen atoms in total. The lowest BCUT2D eigenvalue weighted by Crippen LogP contribution is -2.45. The van der Waals surface area contributed by atoms with Gasteiger partial charge < -0.3 is 15.5 Å². The number of thiazole rings is 1. The fraction of sp³-hybridized carbons (Fsp3) is 0.615. The number of aryl methyl sites for hydroxylation is 1. The van der Waals surface area contributed by atoms with Gasteiger partial charge in [-0.1, -0.05) is 0 Å². The molecule has 0 saturated carbocycles. The number of amides is 1. The van der Waals surface area contributed by atoms with Gasteiger partial charge in [-0.15, -0.1) is 35.3 Å². The van der Waals surface area contributed by atoms with E-state index >= 15 is 0 Å². The van der Waals surface area contributed by atoms with E-state index in [0.29, 0.717) is 12.5 Å². The summed E-state index contributed by atoms with van der Waals surface area (Å²) in [6, 6.07) is 0.141. The van der Waals surface area contributed by atoms with E-state index < -0.39 is 0 Å². The molecule has 0 atom stereocenters. The van der Waals surface area contributed by atoms with E-state index in [1.807, 2.05) is 38.1 Å². The monoisotopic (exact) mass is 425 g/mol. The van der Waals surface area contributed by atoms with Gasteiger partial charge in [0.05, 0.1) is 23.8 Å². The van der Waals surface area contributed by atoms with Gasteiger partial charge in [0.2, 0.25) is 5.91 Å². The lowest BCUT2D eigenvalue weighted by atomic mass is 10.4. The molecule has 1 heterocycles. The van der Waals surface area contributed by atoms with Gasteiger partial charge in [-0.3, -0.25) is 9.79 Å². The Hall–Kier alpha value is -0.900. The Morgan fingerprint density at radius 1 is 1.52 bits per heavy atom. The Kier molecular flexibility index (Phi) is 9.51. The molecule has 0 saturated heterocycles. The van der Waals surface area contributed by atoms with E-state index in [1.165, 1.54) is 0 Å². The average molecular weight is 425 g/mol. The first kappa shape index (κ1) is 20.1. The highest BCUT2D eigenvalue weighted by atomic mass is 127. The topological polar surface area (TPSA) is 69.6 Å². The van der Waals surface area contributed by atoms with E-state index in [4.69, 9.17) is 0 Å². The van der Waals surface area contributed by atoms with Crippen molar-refractivity contribution in [2.75, 3.05) is 20.6 Å². The zero-order valence-electron chi connectivity index (χ0n) is 13.1. The summed E-state index contributed by atoms with van der Waals surface area (Å²) >= 11 is 1.63. The molecule has 0 aliphatic heterocycles. The largest absolute Gasteiger partial charge is 0.352 e. The van der Waals surface area contributed by atoms with Crippen molar-refractivity contribution in [2.24, 2.45) is 4.99 Å². The van der Waals surface area contributed by atoms with Gasteiger partial charge in [-0.05, 0) is 20.8 Å². The molecule has 0 unspecified atom stereocenters. The van der Waals surface area contributed by atoms with Crippen molar-refractivity contribution in [3.8, 4) is 0 Å². The molecule has 0 spiro atoms. The SMILES string of the molecule is CN=C(NCC(=O)NC(C)C)N(C)Cc1csc(C)n1.I. The zero-order valence-corrected chi connectivity index (χ0v) is 16.3. The van der Waals surface area contributed by atoms with Crippen molar-refractivity contribution in [1.82, 2.24) is 20.5 Å². The lowest BCUT2D eigenvalue weighted by Gasteiger charge is -2.21. The van der Waals surface area contributed by atoms with Crippen LogP contribution in [0.2, 0.25) is 0 Å². The van der Waals surface area contributed by atoms with Gasteiger partial charge in [0.1, 0.15) is 0 Å². The molecule has 0 aliphatic rings. The highest BCUT2D eigenvalue weighted by Crippen LogP contribution is 2.09. The van der Waals surface area contributed by atoms with Gasteiger partial charge in [0.15, 0.2) is 5.96 Å². The summed E-state index contributed by atoms with van der Waals surface area (Å²) in [7, 11) is 3.62. The van der Waals surface area contributed by atoms with Crippen LogP contribution in [0.4, 0.5) is 0 Å². The molecule has 8 heteroatoms. The second-order valence-electron chi connectivity index (χ2n) is 4.84. The first-order valence-electron chi connectivity index (χ1n) is 6.54. The minimum Gasteiger partial charge on any atom is -0.352 e. The van der Waals surface area contributed by atoms with Gasteiger partial charge in [0.25, 0.3) is 0 Å².